The fourth-order valence-electron chi connectivity index (χ4n) is 3.60. The van der Waals surface area contributed by atoms with Gasteiger partial charge in [0.15, 0.2) is 0 Å². The SMILES string of the molecule is COC(=O)C1=CN(C[C@@H]2CCCO2)C=C(C(=O)OC)C1c1cccc(OC)c1. The Morgan fingerprint density at radius 2 is 1.79 bits per heavy atom. The van der Waals surface area contributed by atoms with Crippen molar-refractivity contribution in [3.63, 3.8) is 0 Å². The Balaban J connectivity index is 2.03. The van der Waals surface area contributed by atoms with Crippen LogP contribution in [0, 0.1) is 0 Å². The molecule has 1 fully saturated rings. The minimum absolute atomic E-state index is 0.0543. The Morgan fingerprint density at radius 1 is 1.11 bits per heavy atom. The highest BCUT2D eigenvalue weighted by Crippen LogP contribution is 2.38. The van der Waals surface area contributed by atoms with Crippen LogP contribution in [0.4, 0.5) is 0 Å². The highest BCUT2D eigenvalue weighted by molar-refractivity contribution is 5.98. The Labute approximate surface area is 164 Å². The summed E-state index contributed by atoms with van der Waals surface area (Å²) in [5.41, 5.74) is 1.46. The summed E-state index contributed by atoms with van der Waals surface area (Å²) in [5.74, 6) is -0.984. The van der Waals surface area contributed by atoms with Gasteiger partial charge in [-0.3, -0.25) is 0 Å². The van der Waals surface area contributed by atoms with Crippen molar-refractivity contribution >= 4 is 11.9 Å². The van der Waals surface area contributed by atoms with Crippen LogP contribution >= 0.6 is 0 Å². The summed E-state index contributed by atoms with van der Waals surface area (Å²) in [6.45, 7) is 1.28. The molecule has 0 aromatic heterocycles. The largest absolute Gasteiger partial charge is 0.497 e. The molecule has 0 saturated carbocycles. The van der Waals surface area contributed by atoms with Crippen LogP contribution in [-0.2, 0) is 23.8 Å². The summed E-state index contributed by atoms with van der Waals surface area (Å²) < 4.78 is 21.0. The van der Waals surface area contributed by atoms with Gasteiger partial charge >= 0.3 is 11.9 Å². The second kappa shape index (κ2) is 8.93. The van der Waals surface area contributed by atoms with E-state index in [0.29, 0.717) is 23.4 Å². The average Bonchev–Trinajstić information content (AvgIpc) is 3.24. The maximum Gasteiger partial charge on any atom is 0.336 e. The molecule has 0 bridgehead atoms. The van der Waals surface area contributed by atoms with Crippen LogP contribution in [0.2, 0.25) is 0 Å². The number of rotatable bonds is 6. The minimum Gasteiger partial charge on any atom is -0.497 e. The van der Waals surface area contributed by atoms with E-state index in [1.54, 1.807) is 31.6 Å². The number of carbonyl (C=O) groups is 2. The highest BCUT2D eigenvalue weighted by atomic mass is 16.5. The van der Waals surface area contributed by atoms with Gasteiger partial charge in [-0.15, -0.1) is 0 Å². The van der Waals surface area contributed by atoms with Crippen molar-refractivity contribution in [3.05, 3.63) is 53.4 Å². The summed E-state index contributed by atoms with van der Waals surface area (Å²) in [5, 5.41) is 0. The Morgan fingerprint density at radius 3 is 2.32 bits per heavy atom. The van der Waals surface area contributed by atoms with Crippen LogP contribution in [0.3, 0.4) is 0 Å². The second-order valence-corrected chi connectivity index (χ2v) is 6.69. The van der Waals surface area contributed by atoms with E-state index in [1.807, 2.05) is 17.0 Å². The van der Waals surface area contributed by atoms with Crippen LogP contribution in [0.25, 0.3) is 0 Å². The average molecular weight is 387 g/mol. The second-order valence-electron chi connectivity index (χ2n) is 6.69. The van der Waals surface area contributed by atoms with E-state index in [-0.39, 0.29) is 6.10 Å². The molecule has 1 aromatic rings. The van der Waals surface area contributed by atoms with Crippen molar-refractivity contribution in [2.75, 3.05) is 34.5 Å². The third-order valence-corrected chi connectivity index (χ3v) is 4.94. The van der Waals surface area contributed by atoms with Crippen LogP contribution in [0.5, 0.6) is 5.75 Å². The number of esters is 2. The summed E-state index contributed by atoms with van der Waals surface area (Å²) in [7, 11) is 4.22. The van der Waals surface area contributed by atoms with E-state index in [4.69, 9.17) is 18.9 Å². The molecule has 0 radical (unpaired) electrons. The first-order chi connectivity index (χ1) is 13.6. The molecule has 1 atom stereocenters. The van der Waals surface area contributed by atoms with Gasteiger partial charge in [0.25, 0.3) is 0 Å². The topological polar surface area (TPSA) is 74.3 Å². The fourth-order valence-corrected chi connectivity index (χ4v) is 3.60. The Kier molecular flexibility index (Phi) is 6.36. The predicted molar refractivity (Wildman–Crippen MR) is 102 cm³/mol. The molecule has 7 heteroatoms. The lowest BCUT2D eigenvalue weighted by Crippen LogP contribution is -2.32. The van der Waals surface area contributed by atoms with E-state index < -0.39 is 17.9 Å². The molecule has 7 nitrogen and oxygen atoms in total. The molecule has 2 aliphatic heterocycles. The summed E-state index contributed by atoms with van der Waals surface area (Å²) in [6, 6.07) is 7.26. The van der Waals surface area contributed by atoms with Crippen molar-refractivity contribution in [3.8, 4) is 5.75 Å². The number of methoxy groups -OCH3 is 3. The molecule has 3 rings (SSSR count). The molecular weight excluding hydrogens is 362 g/mol. The summed E-state index contributed by atoms with van der Waals surface area (Å²) in [6.07, 6.45) is 5.46. The van der Waals surface area contributed by atoms with Crippen LogP contribution in [-0.4, -0.2) is 57.4 Å². The van der Waals surface area contributed by atoms with E-state index in [9.17, 15) is 9.59 Å². The number of ether oxygens (including phenoxy) is 4. The van der Waals surface area contributed by atoms with Crippen molar-refractivity contribution < 1.29 is 28.5 Å². The first-order valence-electron chi connectivity index (χ1n) is 9.18. The molecule has 0 N–H and O–H groups in total. The lowest BCUT2D eigenvalue weighted by molar-refractivity contribution is -0.137. The lowest BCUT2D eigenvalue weighted by Gasteiger charge is -2.31. The number of hydrogen-bond donors (Lipinski definition) is 0. The first kappa shape index (κ1) is 19.9. The van der Waals surface area contributed by atoms with Crippen molar-refractivity contribution in [2.45, 2.75) is 24.9 Å². The quantitative estimate of drug-likeness (QED) is 0.694. The number of carbonyl (C=O) groups excluding carboxylic acids is 2. The monoisotopic (exact) mass is 387 g/mol. The smallest absolute Gasteiger partial charge is 0.336 e. The van der Waals surface area contributed by atoms with Gasteiger partial charge in [0.2, 0.25) is 0 Å². The van der Waals surface area contributed by atoms with Crippen molar-refractivity contribution in [1.29, 1.82) is 0 Å². The zero-order chi connectivity index (χ0) is 20.1. The fraction of sp³-hybridized carbons (Fsp3) is 0.429. The zero-order valence-electron chi connectivity index (χ0n) is 16.3. The molecule has 0 spiro atoms. The Bertz CT molecular complexity index is 760. The Hall–Kier alpha value is -2.80. The van der Waals surface area contributed by atoms with E-state index in [1.165, 1.54) is 14.2 Å². The predicted octanol–water partition coefficient (Wildman–Crippen LogP) is 2.39. The molecule has 0 unspecified atom stereocenters. The molecule has 150 valence electrons. The minimum atomic E-state index is -0.615. The van der Waals surface area contributed by atoms with Crippen molar-refractivity contribution in [2.24, 2.45) is 0 Å². The molecule has 1 saturated heterocycles. The zero-order valence-corrected chi connectivity index (χ0v) is 16.3. The van der Waals surface area contributed by atoms with E-state index >= 15 is 0 Å². The van der Waals surface area contributed by atoms with Gasteiger partial charge in [-0.1, -0.05) is 12.1 Å². The maximum absolute atomic E-state index is 12.6. The molecule has 28 heavy (non-hydrogen) atoms. The third-order valence-electron chi connectivity index (χ3n) is 4.94. The van der Waals surface area contributed by atoms with Gasteiger partial charge in [-0.05, 0) is 30.5 Å². The van der Waals surface area contributed by atoms with Gasteiger partial charge < -0.3 is 23.8 Å². The van der Waals surface area contributed by atoms with Crippen LogP contribution in [0.15, 0.2) is 47.8 Å². The van der Waals surface area contributed by atoms with Gasteiger partial charge in [-0.2, -0.15) is 0 Å². The van der Waals surface area contributed by atoms with E-state index in [2.05, 4.69) is 0 Å². The summed E-state index contributed by atoms with van der Waals surface area (Å²) >= 11 is 0. The van der Waals surface area contributed by atoms with Gasteiger partial charge in [-0.25, -0.2) is 9.59 Å². The molecule has 0 aliphatic carbocycles. The van der Waals surface area contributed by atoms with Gasteiger partial charge in [0.1, 0.15) is 5.75 Å². The van der Waals surface area contributed by atoms with Gasteiger partial charge in [0, 0.05) is 25.6 Å². The molecule has 0 amide bonds. The number of nitrogens with zero attached hydrogens (tertiary/aromatic N) is 1. The van der Waals surface area contributed by atoms with Crippen molar-refractivity contribution in [1.82, 2.24) is 4.90 Å². The molecule has 2 heterocycles. The first-order valence-corrected chi connectivity index (χ1v) is 9.18. The molecular formula is C21H25NO6. The van der Waals surface area contributed by atoms with Gasteiger partial charge in [0.05, 0.1) is 44.5 Å². The maximum atomic E-state index is 12.6. The normalized spacial score (nSPS) is 19.7. The third kappa shape index (κ3) is 4.20. The number of hydrogen-bond acceptors (Lipinski definition) is 7. The molecule has 1 aromatic carbocycles. The lowest BCUT2D eigenvalue weighted by atomic mass is 9.83. The number of benzene rings is 1. The van der Waals surface area contributed by atoms with Crippen LogP contribution in [0.1, 0.15) is 24.3 Å². The summed E-state index contributed by atoms with van der Waals surface area (Å²) in [4.78, 5) is 27.0. The standard InChI is InChI=1S/C21H25NO6/c1-25-15-7-4-6-14(10-15)19-17(20(23)26-2)12-22(11-16-8-5-9-28-16)13-18(19)21(24)27-3/h4,6-7,10,12-13,16,19H,5,8-9,11H2,1-3H3/t16-/m0/s1. The highest BCUT2D eigenvalue weighted by Gasteiger charge is 2.36. The van der Waals surface area contributed by atoms with E-state index in [0.717, 1.165) is 25.0 Å². The van der Waals surface area contributed by atoms with Crippen LogP contribution < -0.4 is 4.74 Å². The molecule has 2 aliphatic rings.